The van der Waals surface area contributed by atoms with Crippen molar-refractivity contribution in [1.82, 2.24) is 0 Å². The smallest absolute Gasteiger partial charge is 0.248 e. The lowest BCUT2D eigenvalue weighted by Crippen LogP contribution is -2.74. The highest BCUT2D eigenvalue weighted by Gasteiger charge is 2.21. The number of halogens is 1. The molecule has 4 heteroatoms. The van der Waals surface area contributed by atoms with Gasteiger partial charge in [0.15, 0.2) is 11.5 Å². The molecule has 0 heterocycles. The third-order valence-corrected chi connectivity index (χ3v) is 3.50. The van der Waals surface area contributed by atoms with Crippen molar-refractivity contribution >= 4 is 16.8 Å². The van der Waals surface area contributed by atoms with E-state index in [4.69, 9.17) is 21.1 Å². The highest BCUT2D eigenvalue weighted by molar-refractivity contribution is 6.64. The van der Waals surface area contributed by atoms with Crippen molar-refractivity contribution in [2.45, 2.75) is 27.2 Å². The van der Waals surface area contributed by atoms with Gasteiger partial charge < -0.3 is 9.47 Å². The van der Waals surface area contributed by atoms with Crippen LogP contribution in [0.1, 0.15) is 26.3 Å². The summed E-state index contributed by atoms with van der Waals surface area (Å²) in [6.07, 6.45) is 0.882. The number of methoxy groups -OCH3 is 2. The topological polar surface area (TPSA) is 32.4 Å². The summed E-state index contributed by atoms with van der Waals surface area (Å²) in [4.78, 5) is 3.25. The third kappa shape index (κ3) is 4.75. The van der Waals surface area contributed by atoms with Crippen LogP contribution >= 0.6 is 11.6 Å². The zero-order valence-electron chi connectivity index (χ0n) is 12.3. The quantitative estimate of drug-likeness (QED) is 0.839. The predicted molar refractivity (Wildman–Crippen MR) is 79.4 cm³/mol. The van der Waals surface area contributed by atoms with E-state index in [1.165, 1.54) is 5.56 Å². The lowest BCUT2D eigenvalue weighted by molar-refractivity contribution is -0.457. The molecule has 1 rings (SSSR count). The van der Waals surface area contributed by atoms with Gasteiger partial charge in [0.05, 0.1) is 19.6 Å². The van der Waals surface area contributed by atoms with E-state index in [-0.39, 0.29) is 5.41 Å². The monoisotopic (exact) mass is 284 g/mol. The minimum Gasteiger partial charge on any atom is -0.493 e. The van der Waals surface area contributed by atoms with Gasteiger partial charge in [0.1, 0.15) is 6.54 Å². The highest BCUT2D eigenvalue weighted by Crippen LogP contribution is 2.27. The summed E-state index contributed by atoms with van der Waals surface area (Å²) < 4.78 is 10.5. The maximum atomic E-state index is 6.19. The van der Waals surface area contributed by atoms with Crippen molar-refractivity contribution in [3.63, 3.8) is 0 Å². The Kier molecular flexibility index (Phi) is 5.67. The molecule has 0 aliphatic carbocycles. The predicted octanol–water partition coefficient (Wildman–Crippen LogP) is 2.01. The first-order valence-corrected chi connectivity index (χ1v) is 6.74. The van der Waals surface area contributed by atoms with Crippen molar-refractivity contribution < 1.29 is 14.5 Å². The molecule has 0 unspecified atom stereocenters. The standard InChI is InChI=1S/C15H22ClNO2/c1-15(2,3)14(16)17-9-8-11-6-7-12(18-4)13(10-11)19-5/h6-7,10H,8-9H2,1-5H3/p+1. The molecule has 1 aromatic carbocycles. The van der Waals surface area contributed by atoms with E-state index < -0.39 is 0 Å². The molecule has 0 atom stereocenters. The SMILES string of the molecule is COc1ccc(CC[NH+]=C(Cl)C(C)(C)C)cc1OC. The van der Waals surface area contributed by atoms with Gasteiger partial charge in [0, 0.05) is 6.42 Å². The maximum Gasteiger partial charge on any atom is 0.248 e. The van der Waals surface area contributed by atoms with Crippen LogP contribution in [0.25, 0.3) is 0 Å². The molecule has 0 aliphatic rings. The zero-order chi connectivity index (χ0) is 14.5. The molecule has 0 fully saturated rings. The van der Waals surface area contributed by atoms with E-state index in [0.717, 1.165) is 29.6 Å². The van der Waals surface area contributed by atoms with Gasteiger partial charge >= 0.3 is 0 Å². The second kappa shape index (κ2) is 6.80. The number of hydrogen-bond donors (Lipinski definition) is 1. The van der Waals surface area contributed by atoms with Crippen LogP contribution in [-0.4, -0.2) is 25.9 Å². The Labute approximate surface area is 120 Å². The van der Waals surface area contributed by atoms with Crippen LogP contribution < -0.4 is 14.5 Å². The highest BCUT2D eigenvalue weighted by atomic mass is 35.5. The van der Waals surface area contributed by atoms with E-state index in [2.05, 4.69) is 25.8 Å². The van der Waals surface area contributed by atoms with Crippen LogP contribution in [0.3, 0.4) is 0 Å². The van der Waals surface area contributed by atoms with Crippen molar-refractivity contribution in [2.24, 2.45) is 5.41 Å². The molecule has 0 aliphatic heterocycles. The number of ether oxygens (including phenoxy) is 2. The molecule has 0 bridgehead atoms. The van der Waals surface area contributed by atoms with Crippen molar-refractivity contribution in [3.8, 4) is 11.5 Å². The van der Waals surface area contributed by atoms with Crippen LogP contribution in [0.4, 0.5) is 0 Å². The van der Waals surface area contributed by atoms with E-state index in [9.17, 15) is 0 Å². The molecular weight excluding hydrogens is 262 g/mol. The summed E-state index contributed by atoms with van der Waals surface area (Å²) in [5.41, 5.74) is 1.16. The van der Waals surface area contributed by atoms with Gasteiger partial charge in [0.25, 0.3) is 0 Å². The number of rotatable bonds is 5. The first-order chi connectivity index (χ1) is 8.88. The van der Waals surface area contributed by atoms with Crippen molar-refractivity contribution in [1.29, 1.82) is 0 Å². The number of nitrogens with one attached hydrogen (secondary N) is 1. The van der Waals surface area contributed by atoms with Crippen LogP contribution in [-0.2, 0) is 6.42 Å². The van der Waals surface area contributed by atoms with Crippen molar-refractivity contribution in [3.05, 3.63) is 23.8 Å². The summed E-state index contributed by atoms with van der Waals surface area (Å²) in [5.74, 6) is 1.50. The average Bonchev–Trinajstić information content (AvgIpc) is 2.37. The molecule has 19 heavy (non-hydrogen) atoms. The van der Waals surface area contributed by atoms with E-state index >= 15 is 0 Å². The first-order valence-electron chi connectivity index (χ1n) is 6.36. The molecular formula is C15H23ClNO2+. The van der Waals surface area contributed by atoms with E-state index in [1.54, 1.807) is 14.2 Å². The van der Waals surface area contributed by atoms with Gasteiger partial charge in [-0.2, -0.15) is 0 Å². The molecule has 0 radical (unpaired) electrons. The summed E-state index contributed by atoms with van der Waals surface area (Å²) >= 11 is 6.19. The molecule has 0 spiro atoms. The van der Waals surface area contributed by atoms with Crippen LogP contribution in [0, 0.1) is 5.41 Å². The van der Waals surface area contributed by atoms with Gasteiger partial charge in [-0.25, -0.2) is 4.99 Å². The second-order valence-electron chi connectivity index (χ2n) is 5.43. The summed E-state index contributed by atoms with van der Waals surface area (Å²) in [5, 5.41) is 0.785. The van der Waals surface area contributed by atoms with Gasteiger partial charge in [-0.15, -0.1) is 0 Å². The molecule has 0 amide bonds. The summed E-state index contributed by atoms with van der Waals surface area (Å²) in [6.45, 7) is 7.04. The Hall–Kier alpha value is -1.22. The minimum atomic E-state index is -0.0286. The fourth-order valence-electron chi connectivity index (χ4n) is 1.62. The molecule has 0 saturated carbocycles. The van der Waals surface area contributed by atoms with Gasteiger partial charge in [-0.1, -0.05) is 6.07 Å². The maximum absolute atomic E-state index is 6.19. The molecule has 0 aromatic heterocycles. The largest absolute Gasteiger partial charge is 0.493 e. The Morgan fingerprint density at radius 2 is 1.79 bits per heavy atom. The van der Waals surface area contributed by atoms with E-state index in [1.807, 2.05) is 18.2 Å². The van der Waals surface area contributed by atoms with Crippen LogP contribution in [0.5, 0.6) is 11.5 Å². The molecule has 1 N–H and O–H groups in total. The average molecular weight is 285 g/mol. The van der Waals surface area contributed by atoms with Gasteiger partial charge in [0.2, 0.25) is 5.17 Å². The normalized spacial score (nSPS) is 12.4. The first kappa shape index (κ1) is 15.8. The van der Waals surface area contributed by atoms with E-state index in [0.29, 0.717) is 0 Å². The number of hydrogen-bond acceptors (Lipinski definition) is 2. The Bertz CT molecular complexity index is 450. The fourth-order valence-corrected chi connectivity index (χ4v) is 1.71. The summed E-state index contributed by atoms with van der Waals surface area (Å²) in [7, 11) is 3.28. The Balaban J connectivity index is 2.69. The van der Waals surface area contributed by atoms with Crippen molar-refractivity contribution in [2.75, 3.05) is 20.8 Å². The minimum absolute atomic E-state index is 0.0286. The zero-order valence-corrected chi connectivity index (χ0v) is 13.1. The van der Waals surface area contributed by atoms with Gasteiger partial charge in [-0.05, 0) is 50.1 Å². The lowest BCUT2D eigenvalue weighted by Gasteiger charge is -2.10. The molecule has 1 aromatic rings. The Morgan fingerprint density at radius 1 is 1.16 bits per heavy atom. The van der Waals surface area contributed by atoms with Crippen LogP contribution in [0.15, 0.2) is 18.2 Å². The molecule has 0 saturated heterocycles. The number of benzene rings is 1. The second-order valence-corrected chi connectivity index (χ2v) is 5.81. The molecule has 106 valence electrons. The fraction of sp³-hybridized carbons (Fsp3) is 0.533. The third-order valence-electron chi connectivity index (χ3n) is 2.80. The summed E-state index contributed by atoms with van der Waals surface area (Å²) in [6, 6.07) is 5.95. The van der Waals surface area contributed by atoms with Gasteiger partial charge in [-0.3, -0.25) is 0 Å². The lowest BCUT2D eigenvalue weighted by atomic mass is 9.99. The van der Waals surface area contributed by atoms with Crippen LogP contribution in [0.2, 0.25) is 0 Å². The Morgan fingerprint density at radius 3 is 2.32 bits per heavy atom. The molecule has 3 nitrogen and oxygen atoms in total.